The van der Waals surface area contributed by atoms with Crippen molar-refractivity contribution in [3.05, 3.63) is 48.2 Å². The van der Waals surface area contributed by atoms with Crippen molar-refractivity contribution in [2.45, 2.75) is 6.10 Å². The largest absolute Gasteiger partial charge is 0.384 e. The van der Waals surface area contributed by atoms with Crippen LogP contribution in [0.5, 0.6) is 0 Å². The van der Waals surface area contributed by atoms with E-state index in [1.165, 1.54) is 0 Å². The van der Waals surface area contributed by atoms with Crippen LogP contribution in [0, 0.1) is 0 Å². The molecule has 0 aliphatic carbocycles. The molecule has 0 saturated carbocycles. The zero-order valence-corrected chi connectivity index (χ0v) is 8.84. The third-order valence-corrected chi connectivity index (χ3v) is 1.93. The lowest BCUT2D eigenvalue weighted by Crippen LogP contribution is -2.23. The van der Waals surface area contributed by atoms with Crippen LogP contribution in [-0.4, -0.2) is 23.6 Å². The third-order valence-electron chi connectivity index (χ3n) is 1.93. The molecule has 0 aliphatic heterocycles. The summed E-state index contributed by atoms with van der Waals surface area (Å²) >= 11 is 0. The third kappa shape index (κ3) is 3.38. The highest BCUT2D eigenvalue weighted by atomic mass is 16.6. The van der Waals surface area contributed by atoms with E-state index in [1.54, 1.807) is 12.1 Å². The first-order valence-electron chi connectivity index (χ1n) is 4.78. The number of hydrogen-bond donors (Lipinski definition) is 3. The predicted molar refractivity (Wildman–Crippen MR) is 62.5 cm³/mol. The average molecular weight is 221 g/mol. The molecule has 1 atom stereocenters. The van der Waals surface area contributed by atoms with Crippen molar-refractivity contribution >= 4 is 5.84 Å². The summed E-state index contributed by atoms with van der Waals surface area (Å²) in [6.07, 6.45) is -0.938. The molecule has 5 N–H and O–H groups in total. The maximum Gasteiger partial charge on any atom is 0.170 e. The van der Waals surface area contributed by atoms with E-state index in [4.69, 9.17) is 16.3 Å². The van der Waals surface area contributed by atoms with Gasteiger partial charge in [-0.1, -0.05) is 42.1 Å². The van der Waals surface area contributed by atoms with Gasteiger partial charge in [-0.25, -0.2) is 0 Å². The number of amidine groups is 1. The number of rotatable bonds is 5. The Hall–Kier alpha value is -1.85. The van der Waals surface area contributed by atoms with E-state index in [2.05, 4.69) is 11.7 Å². The quantitative estimate of drug-likeness (QED) is 0.286. The lowest BCUT2D eigenvalue weighted by atomic mass is 10.2. The molecule has 0 saturated heterocycles. The minimum atomic E-state index is -0.938. The summed E-state index contributed by atoms with van der Waals surface area (Å²) in [5, 5.41) is 12.9. The molecule has 16 heavy (non-hydrogen) atoms. The van der Waals surface area contributed by atoms with Gasteiger partial charge >= 0.3 is 0 Å². The van der Waals surface area contributed by atoms with Crippen LogP contribution in [0.2, 0.25) is 0 Å². The van der Waals surface area contributed by atoms with E-state index in [0.717, 1.165) is 5.56 Å². The van der Waals surface area contributed by atoms with Gasteiger partial charge in [0.05, 0.1) is 0 Å². The van der Waals surface area contributed by atoms with E-state index in [1.807, 2.05) is 18.2 Å². The number of nitrogens with two attached hydrogens (primary N) is 2. The molecule has 0 heterocycles. The van der Waals surface area contributed by atoms with Gasteiger partial charge in [0.2, 0.25) is 0 Å². The first kappa shape index (κ1) is 12.2. The van der Waals surface area contributed by atoms with E-state index < -0.39 is 6.10 Å². The zero-order chi connectivity index (χ0) is 12.0. The highest BCUT2D eigenvalue weighted by molar-refractivity contribution is 5.96. The molecule has 1 rings (SSSR count). The summed E-state index contributed by atoms with van der Waals surface area (Å²) in [5.41, 5.74) is 11.6. The van der Waals surface area contributed by atoms with Gasteiger partial charge in [-0.05, 0) is 0 Å². The molecule has 1 aromatic carbocycles. The first-order valence-corrected chi connectivity index (χ1v) is 4.78. The number of aliphatic hydroxyl groups excluding tert-OH is 1. The van der Waals surface area contributed by atoms with Crippen molar-refractivity contribution < 1.29 is 9.94 Å². The van der Waals surface area contributed by atoms with Crippen LogP contribution in [0.1, 0.15) is 5.56 Å². The van der Waals surface area contributed by atoms with E-state index in [0.29, 0.717) is 0 Å². The van der Waals surface area contributed by atoms with Gasteiger partial charge in [-0.2, -0.15) is 0 Å². The Morgan fingerprint density at radius 2 is 2.06 bits per heavy atom. The van der Waals surface area contributed by atoms with Gasteiger partial charge in [0.25, 0.3) is 0 Å². The number of benzene rings is 1. The second-order valence-corrected chi connectivity index (χ2v) is 3.15. The smallest absolute Gasteiger partial charge is 0.170 e. The first-order chi connectivity index (χ1) is 7.65. The summed E-state index contributed by atoms with van der Waals surface area (Å²) in [4.78, 5) is 4.85. The number of oxime groups is 1. The molecule has 1 aromatic rings. The zero-order valence-electron chi connectivity index (χ0n) is 8.84. The van der Waals surface area contributed by atoms with E-state index >= 15 is 0 Å². The Balaban J connectivity index is 2.62. The second-order valence-electron chi connectivity index (χ2n) is 3.15. The maximum absolute atomic E-state index is 9.25. The van der Waals surface area contributed by atoms with Crippen LogP contribution in [-0.2, 0) is 4.84 Å². The summed E-state index contributed by atoms with van der Waals surface area (Å²) < 4.78 is 0. The standard InChI is InChI=1S/C11H15N3O2/c1-8(10(15)7-12)16-14-11(13)9-5-3-2-4-6-9/h2-6,10,15H,1,7,12H2,(H2,13,14). The molecule has 0 amide bonds. The van der Waals surface area contributed by atoms with Crippen molar-refractivity contribution in [3.8, 4) is 0 Å². The highest BCUT2D eigenvalue weighted by Gasteiger charge is 2.07. The van der Waals surface area contributed by atoms with Gasteiger partial charge in [0.1, 0.15) is 6.10 Å². The second kappa shape index (κ2) is 5.89. The Kier molecular flexibility index (Phi) is 4.50. The molecular weight excluding hydrogens is 206 g/mol. The normalized spacial score (nSPS) is 13.2. The fraction of sp³-hybridized carbons (Fsp3) is 0.182. The summed E-state index contributed by atoms with van der Waals surface area (Å²) in [6, 6.07) is 9.13. The van der Waals surface area contributed by atoms with E-state index in [9.17, 15) is 5.11 Å². The topological polar surface area (TPSA) is 93.9 Å². The van der Waals surface area contributed by atoms with Crippen molar-refractivity contribution in [1.82, 2.24) is 0 Å². The van der Waals surface area contributed by atoms with Crippen molar-refractivity contribution in [2.75, 3.05) is 6.54 Å². The number of nitrogens with zero attached hydrogens (tertiary/aromatic N) is 1. The molecule has 86 valence electrons. The van der Waals surface area contributed by atoms with Crippen molar-refractivity contribution in [3.63, 3.8) is 0 Å². The van der Waals surface area contributed by atoms with Crippen LogP contribution >= 0.6 is 0 Å². The van der Waals surface area contributed by atoms with Gasteiger partial charge < -0.3 is 21.4 Å². The minimum Gasteiger partial charge on any atom is -0.384 e. The van der Waals surface area contributed by atoms with Crippen LogP contribution in [0.25, 0.3) is 0 Å². The molecule has 0 fully saturated rings. The monoisotopic (exact) mass is 221 g/mol. The van der Waals surface area contributed by atoms with E-state index in [-0.39, 0.29) is 18.1 Å². The van der Waals surface area contributed by atoms with Gasteiger partial charge in [-0.3, -0.25) is 0 Å². The highest BCUT2D eigenvalue weighted by Crippen LogP contribution is 2.03. The summed E-state index contributed by atoms with van der Waals surface area (Å²) in [5.74, 6) is 0.285. The molecule has 0 aliphatic rings. The predicted octanol–water partition coefficient (Wildman–Crippen LogP) is 0.157. The fourth-order valence-corrected chi connectivity index (χ4v) is 0.962. The van der Waals surface area contributed by atoms with Crippen LogP contribution in [0.4, 0.5) is 0 Å². The summed E-state index contributed by atoms with van der Waals surface area (Å²) in [6.45, 7) is 3.50. The Labute approximate surface area is 94.0 Å². The van der Waals surface area contributed by atoms with Crippen molar-refractivity contribution in [1.29, 1.82) is 0 Å². The van der Waals surface area contributed by atoms with Crippen molar-refractivity contribution in [2.24, 2.45) is 16.6 Å². The van der Waals surface area contributed by atoms with Crippen LogP contribution in [0.3, 0.4) is 0 Å². The van der Waals surface area contributed by atoms with Crippen LogP contribution < -0.4 is 11.5 Å². The molecule has 5 heteroatoms. The van der Waals surface area contributed by atoms with Gasteiger partial charge in [0, 0.05) is 12.1 Å². The Bertz CT molecular complexity index is 376. The molecule has 5 nitrogen and oxygen atoms in total. The molecule has 1 unspecified atom stereocenters. The molecule has 0 aromatic heterocycles. The fourth-order valence-electron chi connectivity index (χ4n) is 0.962. The SMILES string of the molecule is C=C(O/N=C(\N)c1ccccc1)C(O)CN. The lowest BCUT2D eigenvalue weighted by molar-refractivity contribution is 0.112. The molecule has 0 radical (unpaired) electrons. The Morgan fingerprint density at radius 3 is 2.62 bits per heavy atom. The van der Waals surface area contributed by atoms with Gasteiger partial charge in [-0.15, -0.1) is 0 Å². The minimum absolute atomic E-state index is 0.0274. The molecule has 0 spiro atoms. The maximum atomic E-state index is 9.25. The molecular formula is C11H15N3O2. The summed E-state index contributed by atoms with van der Waals surface area (Å²) in [7, 11) is 0. The Morgan fingerprint density at radius 1 is 1.44 bits per heavy atom. The number of aliphatic hydroxyl groups is 1. The molecule has 0 bridgehead atoms. The average Bonchev–Trinajstić information content (AvgIpc) is 2.35. The van der Waals surface area contributed by atoms with Gasteiger partial charge in [0.15, 0.2) is 11.6 Å². The lowest BCUT2D eigenvalue weighted by Gasteiger charge is -2.08. The number of hydrogen-bond acceptors (Lipinski definition) is 4. The van der Waals surface area contributed by atoms with Crippen LogP contribution in [0.15, 0.2) is 47.8 Å².